The van der Waals surface area contributed by atoms with E-state index in [1.807, 2.05) is 0 Å². The molecule has 1 unspecified atom stereocenters. The van der Waals surface area contributed by atoms with Gasteiger partial charge in [-0.15, -0.1) is 0 Å². The van der Waals surface area contributed by atoms with Gasteiger partial charge in [0.05, 0.1) is 10.5 Å². The van der Waals surface area contributed by atoms with E-state index in [4.69, 9.17) is 11.6 Å². The summed E-state index contributed by atoms with van der Waals surface area (Å²) in [6.45, 7) is 0. The van der Waals surface area contributed by atoms with Crippen LogP contribution >= 0.6 is 27.5 Å². The van der Waals surface area contributed by atoms with Crippen LogP contribution < -0.4 is 5.32 Å². The van der Waals surface area contributed by atoms with E-state index in [0.29, 0.717) is 5.56 Å². The van der Waals surface area contributed by atoms with E-state index in [2.05, 4.69) is 21.2 Å². The van der Waals surface area contributed by atoms with Crippen molar-refractivity contribution in [3.05, 3.63) is 68.4 Å². The number of hydrogen-bond acceptors (Lipinski definition) is 1. The average Bonchev–Trinajstić information content (AvgIpc) is 2.38. The molecule has 0 bridgehead atoms. The van der Waals surface area contributed by atoms with Gasteiger partial charge in [-0.25, -0.2) is 13.2 Å². The highest BCUT2D eigenvalue weighted by atomic mass is 79.9. The number of halogens is 5. The highest BCUT2D eigenvalue weighted by Crippen LogP contribution is 2.32. The van der Waals surface area contributed by atoms with Crippen LogP contribution in [0.25, 0.3) is 0 Å². The molecule has 0 aliphatic rings. The zero-order chi connectivity index (χ0) is 14.9. The monoisotopic (exact) mass is 363 g/mol. The Kier molecular flexibility index (Phi) is 4.73. The van der Waals surface area contributed by atoms with Gasteiger partial charge in [0, 0.05) is 10.6 Å². The van der Waals surface area contributed by atoms with Crippen LogP contribution in [0.3, 0.4) is 0 Å². The van der Waals surface area contributed by atoms with E-state index in [0.717, 1.165) is 18.2 Å². The molecule has 106 valence electrons. The minimum Gasteiger partial charge on any atom is -0.309 e. The van der Waals surface area contributed by atoms with Gasteiger partial charge in [0.2, 0.25) is 0 Å². The fourth-order valence-corrected chi connectivity index (χ4v) is 2.57. The van der Waals surface area contributed by atoms with Crippen LogP contribution in [-0.4, -0.2) is 7.05 Å². The van der Waals surface area contributed by atoms with Crippen molar-refractivity contribution in [1.82, 2.24) is 5.32 Å². The lowest BCUT2D eigenvalue weighted by molar-refractivity contribution is 0.554. The minimum atomic E-state index is -0.675. The van der Waals surface area contributed by atoms with Gasteiger partial charge in [0.15, 0.2) is 0 Å². The molecule has 2 rings (SSSR count). The number of hydrogen-bond donors (Lipinski definition) is 1. The molecule has 0 aromatic heterocycles. The molecular weight excluding hydrogens is 355 g/mol. The van der Waals surface area contributed by atoms with Gasteiger partial charge in [-0.3, -0.25) is 0 Å². The third-order valence-electron chi connectivity index (χ3n) is 2.91. The van der Waals surface area contributed by atoms with Gasteiger partial charge in [-0.05, 0) is 52.8 Å². The Hall–Kier alpha value is -1.04. The first-order valence-corrected chi connectivity index (χ1v) is 6.87. The second-order valence-electron chi connectivity index (χ2n) is 4.18. The topological polar surface area (TPSA) is 12.0 Å². The molecule has 0 aliphatic heterocycles. The predicted octanol–water partition coefficient (Wildman–Crippen LogP) is 4.83. The lowest BCUT2D eigenvalue weighted by Crippen LogP contribution is -2.19. The smallest absolute Gasteiger partial charge is 0.137 e. The van der Waals surface area contributed by atoms with Crippen molar-refractivity contribution >= 4 is 27.5 Å². The van der Waals surface area contributed by atoms with Crippen molar-refractivity contribution in [2.45, 2.75) is 6.04 Å². The number of nitrogens with one attached hydrogen (secondary N) is 1. The van der Waals surface area contributed by atoms with Gasteiger partial charge in [-0.1, -0.05) is 17.7 Å². The molecular formula is C14H10BrClF3N. The summed E-state index contributed by atoms with van der Waals surface area (Å²) in [5.41, 5.74) is 0.567. The first-order chi connectivity index (χ1) is 9.43. The highest BCUT2D eigenvalue weighted by molar-refractivity contribution is 9.10. The van der Waals surface area contributed by atoms with Crippen LogP contribution in [-0.2, 0) is 0 Å². The van der Waals surface area contributed by atoms with Crippen LogP contribution in [0.5, 0.6) is 0 Å². The minimum absolute atomic E-state index is 0.0406. The SMILES string of the molecule is CNC(c1cc(F)c(Br)cc1F)c1ccc(F)cc1Cl. The Morgan fingerprint density at radius 2 is 1.75 bits per heavy atom. The molecule has 0 heterocycles. The van der Waals surface area contributed by atoms with Gasteiger partial charge in [-0.2, -0.15) is 0 Å². The van der Waals surface area contributed by atoms with Crippen molar-refractivity contribution < 1.29 is 13.2 Å². The normalized spacial score (nSPS) is 12.5. The lowest BCUT2D eigenvalue weighted by atomic mass is 9.98. The molecule has 0 aliphatic carbocycles. The summed E-state index contributed by atoms with van der Waals surface area (Å²) in [6, 6.07) is 5.25. The Morgan fingerprint density at radius 1 is 1.05 bits per heavy atom. The molecule has 0 amide bonds. The molecule has 2 aromatic rings. The molecule has 20 heavy (non-hydrogen) atoms. The summed E-state index contributed by atoms with van der Waals surface area (Å²) < 4.78 is 40.7. The zero-order valence-corrected chi connectivity index (χ0v) is 12.7. The van der Waals surface area contributed by atoms with Crippen molar-refractivity contribution in [3.63, 3.8) is 0 Å². The van der Waals surface area contributed by atoms with Gasteiger partial charge >= 0.3 is 0 Å². The molecule has 1 atom stereocenters. The summed E-state index contributed by atoms with van der Waals surface area (Å²) in [5, 5.41) is 3.00. The summed E-state index contributed by atoms with van der Waals surface area (Å²) in [7, 11) is 1.59. The predicted molar refractivity (Wildman–Crippen MR) is 76.4 cm³/mol. The van der Waals surface area contributed by atoms with E-state index in [-0.39, 0.29) is 15.1 Å². The quantitative estimate of drug-likeness (QED) is 0.769. The molecule has 0 fully saturated rings. The summed E-state index contributed by atoms with van der Waals surface area (Å²) >= 11 is 8.89. The van der Waals surface area contributed by atoms with E-state index >= 15 is 0 Å². The Labute approximate surface area is 127 Å². The van der Waals surface area contributed by atoms with Crippen molar-refractivity contribution in [2.75, 3.05) is 7.05 Å². The maximum absolute atomic E-state index is 14.0. The van der Waals surface area contributed by atoms with E-state index in [1.165, 1.54) is 12.1 Å². The second-order valence-corrected chi connectivity index (χ2v) is 5.44. The van der Waals surface area contributed by atoms with Crippen molar-refractivity contribution in [2.24, 2.45) is 0 Å². The third kappa shape index (κ3) is 3.00. The first kappa shape index (κ1) is 15.4. The van der Waals surface area contributed by atoms with Crippen LogP contribution in [0.15, 0.2) is 34.8 Å². The molecule has 1 nitrogen and oxygen atoms in total. The van der Waals surface area contributed by atoms with Crippen LogP contribution in [0.4, 0.5) is 13.2 Å². The number of benzene rings is 2. The maximum atomic E-state index is 14.0. The van der Waals surface area contributed by atoms with Crippen LogP contribution in [0.1, 0.15) is 17.2 Å². The Bertz CT molecular complexity index is 649. The third-order valence-corrected chi connectivity index (χ3v) is 3.85. The average molecular weight is 365 g/mol. The maximum Gasteiger partial charge on any atom is 0.137 e. The molecule has 0 saturated carbocycles. The Morgan fingerprint density at radius 3 is 2.35 bits per heavy atom. The second kappa shape index (κ2) is 6.16. The highest BCUT2D eigenvalue weighted by Gasteiger charge is 2.21. The summed E-state index contributed by atoms with van der Waals surface area (Å²) in [4.78, 5) is 0. The Balaban J connectivity index is 2.55. The molecule has 0 saturated heterocycles. The first-order valence-electron chi connectivity index (χ1n) is 5.70. The largest absolute Gasteiger partial charge is 0.309 e. The van der Waals surface area contributed by atoms with Gasteiger partial charge in [0.25, 0.3) is 0 Å². The number of rotatable bonds is 3. The van der Waals surface area contributed by atoms with Crippen molar-refractivity contribution in [3.8, 4) is 0 Å². The zero-order valence-electron chi connectivity index (χ0n) is 10.4. The van der Waals surface area contributed by atoms with Gasteiger partial charge in [0.1, 0.15) is 17.5 Å². The van der Waals surface area contributed by atoms with E-state index in [1.54, 1.807) is 7.05 Å². The molecule has 0 spiro atoms. The molecule has 6 heteroatoms. The molecule has 2 aromatic carbocycles. The standard InChI is InChI=1S/C14H10BrClF3N/c1-20-14(8-3-2-7(17)4-11(8)16)9-5-13(19)10(15)6-12(9)18/h2-6,14,20H,1H3. The summed E-state index contributed by atoms with van der Waals surface area (Å²) in [6.07, 6.45) is 0. The van der Waals surface area contributed by atoms with E-state index < -0.39 is 23.5 Å². The van der Waals surface area contributed by atoms with Crippen LogP contribution in [0, 0.1) is 17.5 Å². The van der Waals surface area contributed by atoms with Gasteiger partial charge < -0.3 is 5.32 Å². The fourth-order valence-electron chi connectivity index (χ4n) is 1.97. The fraction of sp³-hybridized carbons (Fsp3) is 0.143. The molecule has 0 radical (unpaired) electrons. The van der Waals surface area contributed by atoms with Crippen molar-refractivity contribution in [1.29, 1.82) is 0 Å². The molecule has 1 N–H and O–H groups in total. The lowest BCUT2D eigenvalue weighted by Gasteiger charge is -2.19. The summed E-state index contributed by atoms with van der Waals surface area (Å²) in [5.74, 6) is -1.66. The van der Waals surface area contributed by atoms with E-state index in [9.17, 15) is 13.2 Å². The van der Waals surface area contributed by atoms with Crippen LogP contribution in [0.2, 0.25) is 5.02 Å².